The van der Waals surface area contributed by atoms with Crippen LogP contribution in [-0.2, 0) is 26.2 Å². The molecule has 0 radical (unpaired) electrons. The van der Waals surface area contributed by atoms with Crippen molar-refractivity contribution in [2.75, 3.05) is 18.0 Å². The largest absolute Gasteiger partial charge is 0.497 e. The standard InChI is InChI=1S/C33H39Cl2N3O5S/c1-4-31(33(40)36-26-8-6-5-7-9-26)37(21-24-12-13-25(34)20-30(24)35)32(39)22-38(27-14-10-23(2)11-15-27)44(41,42)29-18-16-28(43-3)17-19-29/h10-20,26,31H,4-9,21-22H2,1-3H3,(H,36,40)/t31-/m1/s1. The zero-order valence-electron chi connectivity index (χ0n) is 25.3. The number of benzene rings is 3. The van der Waals surface area contributed by atoms with Gasteiger partial charge < -0.3 is 15.0 Å². The van der Waals surface area contributed by atoms with Crippen LogP contribution in [0, 0.1) is 6.92 Å². The molecule has 3 aromatic rings. The molecule has 0 unspecified atom stereocenters. The molecule has 0 saturated heterocycles. The number of nitrogens with one attached hydrogen (secondary N) is 1. The zero-order valence-corrected chi connectivity index (χ0v) is 27.6. The van der Waals surface area contributed by atoms with Crippen molar-refractivity contribution in [1.29, 1.82) is 0 Å². The predicted octanol–water partition coefficient (Wildman–Crippen LogP) is 6.76. The number of anilines is 1. The molecule has 0 aliphatic heterocycles. The van der Waals surface area contributed by atoms with E-state index in [4.69, 9.17) is 27.9 Å². The van der Waals surface area contributed by atoms with Crippen molar-refractivity contribution in [2.45, 2.75) is 75.9 Å². The van der Waals surface area contributed by atoms with Gasteiger partial charge in [0.1, 0.15) is 18.3 Å². The third-order valence-electron chi connectivity index (χ3n) is 7.94. The second kappa shape index (κ2) is 15.1. The fraction of sp³-hybridized carbons (Fsp3) is 0.394. The maximum Gasteiger partial charge on any atom is 0.264 e. The highest BCUT2D eigenvalue weighted by molar-refractivity contribution is 7.92. The number of hydrogen-bond acceptors (Lipinski definition) is 5. The summed E-state index contributed by atoms with van der Waals surface area (Å²) in [7, 11) is -2.70. The summed E-state index contributed by atoms with van der Waals surface area (Å²) in [5, 5.41) is 3.93. The van der Waals surface area contributed by atoms with Gasteiger partial charge in [0.2, 0.25) is 11.8 Å². The molecule has 1 atom stereocenters. The fourth-order valence-corrected chi connectivity index (χ4v) is 7.29. The Hall–Kier alpha value is -3.27. The summed E-state index contributed by atoms with van der Waals surface area (Å²) in [5.41, 5.74) is 1.85. The highest BCUT2D eigenvalue weighted by Gasteiger charge is 2.34. The molecule has 1 aliphatic rings. The number of hydrogen-bond donors (Lipinski definition) is 1. The number of carbonyl (C=O) groups excluding carboxylic acids is 2. The summed E-state index contributed by atoms with van der Waals surface area (Å²) in [6.45, 7) is 3.19. The lowest BCUT2D eigenvalue weighted by Crippen LogP contribution is -2.54. The van der Waals surface area contributed by atoms with E-state index in [1.54, 1.807) is 54.6 Å². The molecule has 44 heavy (non-hydrogen) atoms. The Balaban J connectivity index is 1.72. The van der Waals surface area contributed by atoms with Gasteiger partial charge in [-0.3, -0.25) is 13.9 Å². The summed E-state index contributed by atoms with van der Waals surface area (Å²) in [5.74, 6) is -0.306. The van der Waals surface area contributed by atoms with E-state index < -0.39 is 28.5 Å². The minimum absolute atomic E-state index is 0.000976. The minimum atomic E-state index is -4.20. The molecular weight excluding hydrogens is 621 g/mol. The van der Waals surface area contributed by atoms with Gasteiger partial charge in [-0.15, -0.1) is 0 Å². The number of carbonyl (C=O) groups is 2. The van der Waals surface area contributed by atoms with E-state index in [0.717, 1.165) is 42.0 Å². The van der Waals surface area contributed by atoms with Crippen molar-refractivity contribution < 1.29 is 22.7 Å². The number of aryl methyl sites for hydroxylation is 1. The SMILES string of the molecule is CC[C@H](C(=O)NC1CCCCC1)N(Cc1ccc(Cl)cc1Cl)C(=O)CN(c1ccc(C)cc1)S(=O)(=O)c1ccc(OC)cc1. The number of rotatable bonds is 12. The van der Waals surface area contributed by atoms with Gasteiger partial charge in [-0.1, -0.05) is 73.2 Å². The number of sulfonamides is 1. The van der Waals surface area contributed by atoms with Crippen LogP contribution in [0.3, 0.4) is 0 Å². The van der Waals surface area contributed by atoms with Crippen molar-refractivity contribution in [3.05, 3.63) is 87.9 Å². The number of nitrogens with zero attached hydrogens (tertiary/aromatic N) is 2. The van der Waals surface area contributed by atoms with E-state index in [2.05, 4.69) is 5.32 Å². The molecule has 0 bridgehead atoms. The summed E-state index contributed by atoms with van der Waals surface area (Å²) in [6, 6.07) is 17.0. The van der Waals surface area contributed by atoms with Crippen LogP contribution in [0.1, 0.15) is 56.6 Å². The number of methoxy groups -OCH3 is 1. The van der Waals surface area contributed by atoms with Crippen molar-refractivity contribution in [3.63, 3.8) is 0 Å². The van der Waals surface area contributed by atoms with Gasteiger partial charge in [0.25, 0.3) is 10.0 Å². The maximum absolute atomic E-state index is 14.3. The molecule has 4 rings (SSSR count). The highest BCUT2D eigenvalue weighted by Crippen LogP contribution is 2.28. The Morgan fingerprint density at radius 2 is 1.64 bits per heavy atom. The van der Waals surface area contributed by atoms with E-state index in [-0.39, 0.29) is 23.4 Å². The lowest BCUT2D eigenvalue weighted by molar-refractivity contribution is -0.140. The van der Waals surface area contributed by atoms with Crippen molar-refractivity contribution in [2.24, 2.45) is 0 Å². The van der Waals surface area contributed by atoms with Gasteiger partial charge in [-0.25, -0.2) is 8.42 Å². The smallest absolute Gasteiger partial charge is 0.264 e. The monoisotopic (exact) mass is 659 g/mol. The van der Waals surface area contributed by atoms with Crippen LogP contribution in [0.15, 0.2) is 71.6 Å². The number of ether oxygens (including phenoxy) is 1. The molecule has 3 aromatic carbocycles. The van der Waals surface area contributed by atoms with E-state index >= 15 is 0 Å². The first-order chi connectivity index (χ1) is 21.0. The summed E-state index contributed by atoms with van der Waals surface area (Å²) in [4.78, 5) is 29.4. The van der Waals surface area contributed by atoms with Crippen LogP contribution in [0.5, 0.6) is 5.75 Å². The molecular formula is C33H39Cl2N3O5S. The van der Waals surface area contributed by atoms with Crippen LogP contribution in [0.4, 0.5) is 5.69 Å². The molecule has 0 heterocycles. The molecule has 1 fully saturated rings. The molecule has 236 valence electrons. The van der Waals surface area contributed by atoms with E-state index in [1.165, 1.54) is 24.1 Å². The van der Waals surface area contributed by atoms with Crippen LogP contribution in [-0.4, -0.2) is 50.9 Å². The van der Waals surface area contributed by atoms with Gasteiger partial charge in [0.05, 0.1) is 17.7 Å². The molecule has 11 heteroatoms. The Bertz CT molecular complexity index is 1540. The topological polar surface area (TPSA) is 96.0 Å². The van der Waals surface area contributed by atoms with Gasteiger partial charge in [0, 0.05) is 22.6 Å². The summed E-state index contributed by atoms with van der Waals surface area (Å²) in [6.07, 6.45) is 5.33. The predicted molar refractivity (Wildman–Crippen MR) is 175 cm³/mol. The molecule has 8 nitrogen and oxygen atoms in total. The van der Waals surface area contributed by atoms with Crippen LogP contribution < -0.4 is 14.4 Å². The second-order valence-electron chi connectivity index (χ2n) is 11.0. The number of amides is 2. The van der Waals surface area contributed by atoms with Gasteiger partial charge in [0.15, 0.2) is 0 Å². The Labute approximate surface area is 270 Å². The highest BCUT2D eigenvalue weighted by atomic mass is 35.5. The van der Waals surface area contributed by atoms with Gasteiger partial charge in [-0.05, 0) is 80.3 Å². The molecule has 1 N–H and O–H groups in total. The molecule has 0 spiro atoms. The van der Waals surface area contributed by atoms with Gasteiger partial charge in [-0.2, -0.15) is 0 Å². The Morgan fingerprint density at radius 3 is 2.23 bits per heavy atom. The Kier molecular flexibility index (Phi) is 11.6. The van der Waals surface area contributed by atoms with Crippen molar-refractivity contribution in [3.8, 4) is 5.75 Å². The third-order valence-corrected chi connectivity index (χ3v) is 10.3. The first kappa shape index (κ1) is 33.6. The molecule has 0 aromatic heterocycles. The van der Waals surface area contributed by atoms with Crippen LogP contribution >= 0.6 is 23.2 Å². The summed E-state index contributed by atoms with van der Waals surface area (Å²) < 4.78 is 34.4. The molecule has 2 amide bonds. The third kappa shape index (κ3) is 8.25. The quantitative estimate of drug-likeness (QED) is 0.232. The normalized spacial score (nSPS) is 14.5. The van der Waals surface area contributed by atoms with E-state index in [0.29, 0.717) is 33.5 Å². The average molecular weight is 661 g/mol. The lowest BCUT2D eigenvalue weighted by atomic mass is 9.95. The maximum atomic E-state index is 14.3. The zero-order chi connectivity index (χ0) is 31.9. The first-order valence-corrected chi connectivity index (χ1v) is 17.0. The summed E-state index contributed by atoms with van der Waals surface area (Å²) >= 11 is 12.6. The van der Waals surface area contributed by atoms with Crippen molar-refractivity contribution >= 4 is 50.7 Å². The lowest BCUT2D eigenvalue weighted by Gasteiger charge is -2.34. The average Bonchev–Trinajstić information content (AvgIpc) is 3.01. The second-order valence-corrected chi connectivity index (χ2v) is 13.8. The first-order valence-electron chi connectivity index (χ1n) is 14.8. The van der Waals surface area contributed by atoms with E-state index in [9.17, 15) is 18.0 Å². The van der Waals surface area contributed by atoms with Crippen molar-refractivity contribution in [1.82, 2.24) is 10.2 Å². The minimum Gasteiger partial charge on any atom is -0.497 e. The van der Waals surface area contributed by atoms with Crippen LogP contribution in [0.2, 0.25) is 10.0 Å². The molecule has 1 saturated carbocycles. The van der Waals surface area contributed by atoms with Gasteiger partial charge >= 0.3 is 0 Å². The van der Waals surface area contributed by atoms with Crippen LogP contribution in [0.25, 0.3) is 0 Å². The fourth-order valence-electron chi connectivity index (χ4n) is 5.41. The Morgan fingerprint density at radius 1 is 0.977 bits per heavy atom. The van der Waals surface area contributed by atoms with E-state index in [1.807, 2.05) is 13.8 Å². The molecule has 1 aliphatic carbocycles. The number of halogens is 2.